The topological polar surface area (TPSA) is 75.0 Å². The first-order valence-corrected chi connectivity index (χ1v) is 11.0. The van der Waals surface area contributed by atoms with Gasteiger partial charge in [-0.2, -0.15) is 5.26 Å². The lowest BCUT2D eigenvalue weighted by atomic mass is 9.79. The van der Waals surface area contributed by atoms with E-state index in [0.29, 0.717) is 37.2 Å². The predicted octanol–water partition coefficient (Wildman–Crippen LogP) is 4.59. The summed E-state index contributed by atoms with van der Waals surface area (Å²) >= 11 is 0. The molecule has 2 heterocycles. The minimum absolute atomic E-state index is 0.166. The molecule has 3 aromatic rings. The summed E-state index contributed by atoms with van der Waals surface area (Å²) in [5.74, 6) is 0.914. The molecule has 0 spiro atoms. The van der Waals surface area contributed by atoms with E-state index >= 15 is 0 Å². The van der Waals surface area contributed by atoms with Crippen molar-refractivity contribution in [3.8, 4) is 6.07 Å². The van der Waals surface area contributed by atoms with E-state index < -0.39 is 5.41 Å². The van der Waals surface area contributed by atoms with Crippen LogP contribution in [0.15, 0.2) is 66.9 Å². The number of pyridine rings is 1. The number of nitrogens with zero attached hydrogens (tertiary/aromatic N) is 2. The van der Waals surface area contributed by atoms with Crippen LogP contribution in [0.2, 0.25) is 0 Å². The SMILES string of the molecule is C[C@@]1(C#N)COCc2ccc(C(=O)NCc3cc([C@@H]4C[C@H]4c4ccccc4)ccn3)cc21. The first kappa shape index (κ1) is 20.4. The van der Waals surface area contributed by atoms with Gasteiger partial charge in [-0.15, -0.1) is 0 Å². The number of amides is 1. The number of nitrogens with one attached hydrogen (secondary N) is 1. The molecule has 160 valence electrons. The molecule has 1 fully saturated rings. The summed E-state index contributed by atoms with van der Waals surface area (Å²) in [5.41, 5.74) is 5.16. The lowest BCUT2D eigenvalue weighted by molar-refractivity contribution is 0.0757. The maximum Gasteiger partial charge on any atom is 0.251 e. The van der Waals surface area contributed by atoms with Gasteiger partial charge in [-0.25, -0.2) is 0 Å². The van der Waals surface area contributed by atoms with Crippen molar-refractivity contribution in [3.63, 3.8) is 0 Å². The number of ether oxygens (including phenoxy) is 1. The number of benzene rings is 2. The first-order chi connectivity index (χ1) is 15.6. The first-order valence-electron chi connectivity index (χ1n) is 11.0. The molecule has 1 N–H and O–H groups in total. The standard InChI is InChI=1S/C27H25N3O2/c1-27(16-28)17-32-15-21-8-7-20(12-25(21)27)26(31)30-14-22-11-19(9-10-29-22)24-13-23(24)18-5-3-2-4-6-18/h2-12,23-24H,13-15,17H2,1H3,(H,30,31)/t23-,24-,27+/m0/s1. The zero-order valence-electron chi connectivity index (χ0n) is 18.0. The quantitative estimate of drug-likeness (QED) is 0.651. The van der Waals surface area contributed by atoms with E-state index in [-0.39, 0.29) is 5.91 Å². The van der Waals surface area contributed by atoms with E-state index in [2.05, 4.69) is 52.8 Å². The molecule has 1 aliphatic heterocycles. The molecule has 3 atom stereocenters. The Hall–Kier alpha value is -3.49. The van der Waals surface area contributed by atoms with Crippen molar-refractivity contribution in [2.24, 2.45) is 0 Å². The lowest BCUT2D eigenvalue weighted by Crippen LogP contribution is -2.33. The number of carbonyl (C=O) groups excluding carboxylic acids is 1. The maximum absolute atomic E-state index is 12.8. The summed E-state index contributed by atoms with van der Waals surface area (Å²) in [4.78, 5) is 17.3. The summed E-state index contributed by atoms with van der Waals surface area (Å²) in [6.45, 7) is 3.02. The van der Waals surface area contributed by atoms with Crippen molar-refractivity contribution in [2.75, 3.05) is 6.61 Å². The third-order valence-corrected chi connectivity index (χ3v) is 6.58. The van der Waals surface area contributed by atoms with Gasteiger partial charge in [-0.05, 0) is 71.7 Å². The summed E-state index contributed by atoms with van der Waals surface area (Å²) in [5, 5.41) is 12.6. The number of fused-ring (bicyclic) bond motifs is 1. The van der Waals surface area contributed by atoms with Crippen LogP contribution in [0.5, 0.6) is 0 Å². The number of rotatable bonds is 5. The van der Waals surface area contributed by atoms with Crippen LogP contribution in [0.1, 0.15) is 63.5 Å². The third-order valence-electron chi connectivity index (χ3n) is 6.58. The van der Waals surface area contributed by atoms with Crippen LogP contribution >= 0.6 is 0 Å². The van der Waals surface area contributed by atoms with Crippen LogP contribution in [-0.4, -0.2) is 17.5 Å². The second kappa shape index (κ2) is 8.22. The van der Waals surface area contributed by atoms with Crippen LogP contribution in [0.25, 0.3) is 0 Å². The highest BCUT2D eigenvalue weighted by Gasteiger charge is 2.39. The van der Waals surface area contributed by atoms with Crippen LogP contribution in [0.3, 0.4) is 0 Å². The fourth-order valence-electron chi connectivity index (χ4n) is 4.62. The Morgan fingerprint density at radius 2 is 1.97 bits per heavy atom. The minimum atomic E-state index is -0.737. The molecule has 5 nitrogen and oxygen atoms in total. The lowest BCUT2D eigenvalue weighted by Gasteiger charge is -2.30. The zero-order chi connectivity index (χ0) is 22.1. The molecule has 2 aromatic carbocycles. The average molecular weight is 424 g/mol. The highest BCUT2D eigenvalue weighted by atomic mass is 16.5. The molecule has 1 aliphatic carbocycles. The summed E-state index contributed by atoms with van der Waals surface area (Å²) in [7, 11) is 0. The molecule has 1 saturated carbocycles. The summed E-state index contributed by atoms with van der Waals surface area (Å²) in [6.07, 6.45) is 2.98. The van der Waals surface area contributed by atoms with Gasteiger partial charge < -0.3 is 10.1 Å². The van der Waals surface area contributed by atoms with E-state index in [1.54, 1.807) is 6.07 Å². The zero-order valence-corrected chi connectivity index (χ0v) is 18.0. The molecule has 32 heavy (non-hydrogen) atoms. The number of carbonyl (C=O) groups is 1. The number of hydrogen-bond acceptors (Lipinski definition) is 4. The van der Waals surface area contributed by atoms with E-state index in [9.17, 15) is 10.1 Å². The van der Waals surface area contributed by atoms with Crippen LogP contribution in [0.4, 0.5) is 0 Å². The molecular formula is C27H25N3O2. The van der Waals surface area contributed by atoms with Gasteiger partial charge in [-0.3, -0.25) is 9.78 Å². The fraction of sp³-hybridized carbons (Fsp3) is 0.296. The highest BCUT2D eigenvalue weighted by Crippen LogP contribution is 2.54. The summed E-state index contributed by atoms with van der Waals surface area (Å²) < 4.78 is 5.55. The molecule has 0 bridgehead atoms. The number of hydrogen-bond donors (Lipinski definition) is 1. The monoisotopic (exact) mass is 423 g/mol. The maximum atomic E-state index is 12.8. The Morgan fingerprint density at radius 3 is 2.78 bits per heavy atom. The molecule has 1 amide bonds. The van der Waals surface area contributed by atoms with Gasteiger partial charge in [0.2, 0.25) is 0 Å². The van der Waals surface area contributed by atoms with Gasteiger partial charge in [0.1, 0.15) is 5.41 Å². The van der Waals surface area contributed by atoms with Gasteiger partial charge in [0.15, 0.2) is 0 Å². The van der Waals surface area contributed by atoms with Gasteiger partial charge in [0, 0.05) is 11.8 Å². The van der Waals surface area contributed by atoms with Gasteiger partial charge in [-0.1, -0.05) is 36.4 Å². The Morgan fingerprint density at radius 1 is 1.16 bits per heavy atom. The molecule has 0 unspecified atom stereocenters. The molecule has 0 radical (unpaired) electrons. The van der Waals surface area contributed by atoms with Gasteiger partial charge in [0.25, 0.3) is 5.91 Å². The van der Waals surface area contributed by atoms with Crippen molar-refractivity contribution in [1.29, 1.82) is 5.26 Å². The normalized spacial score (nSPS) is 23.6. The second-order valence-corrected chi connectivity index (χ2v) is 8.93. The third kappa shape index (κ3) is 3.90. The van der Waals surface area contributed by atoms with Crippen LogP contribution in [-0.2, 0) is 23.3 Å². The second-order valence-electron chi connectivity index (χ2n) is 8.93. The van der Waals surface area contributed by atoms with Crippen molar-refractivity contribution in [3.05, 3.63) is 100 Å². The van der Waals surface area contributed by atoms with Crippen molar-refractivity contribution in [1.82, 2.24) is 10.3 Å². The predicted molar refractivity (Wildman–Crippen MR) is 121 cm³/mol. The Bertz CT molecular complexity index is 1200. The Balaban J connectivity index is 1.26. The van der Waals surface area contributed by atoms with Crippen LogP contribution < -0.4 is 5.32 Å². The Labute approximate surface area is 188 Å². The average Bonchev–Trinajstić information content (AvgIpc) is 3.64. The molecular weight excluding hydrogens is 398 g/mol. The number of nitriles is 1. The molecule has 1 aromatic heterocycles. The fourth-order valence-corrected chi connectivity index (χ4v) is 4.62. The van der Waals surface area contributed by atoms with Gasteiger partial charge in [0.05, 0.1) is 31.5 Å². The summed E-state index contributed by atoms with van der Waals surface area (Å²) in [6, 6.07) is 22.6. The van der Waals surface area contributed by atoms with E-state index in [4.69, 9.17) is 4.74 Å². The molecule has 5 heteroatoms. The van der Waals surface area contributed by atoms with E-state index in [0.717, 1.165) is 23.2 Å². The Kier molecular flexibility index (Phi) is 5.24. The van der Waals surface area contributed by atoms with E-state index in [1.807, 2.05) is 31.3 Å². The molecule has 2 aliphatic rings. The number of aromatic nitrogens is 1. The van der Waals surface area contributed by atoms with Crippen LogP contribution in [0, 0.1) is 11.3 Å². The van der Waals surface area contributed by atoms with Crippen molar-refractivity contribution >= 4 is 5.91 Å². The largest absolute Gasteiger partial charge is 0.375 e. The highest BCUT2D eigenvalue weighted by molar-refractivity contribution is 5.94. The minimum Gasteiger partial charge on any atom is -0.375 e. The molecule has 0 saturated heterocycles. The smallest absolute Gasteiger partial charge is 0.251 e. The molecule has 5 rings (SSSR count). The van der Waals surface area contributed by atoms with Crippen molar-refractivity contribution < 1.29 is 9.53 Å². The van der Waals surface area contributed by atoms with E-state index in [1.165, 1.54) is 11.1 Å². The van der Waals surface area contributed by atoms with Crippen molar-refractivity contribution in [2.45, 2.75) is 43.7 Å². The van der Waals surface area contributed by atoms with Gasteiger partial charge >= 0.3 is 0 Å².